The highest BCUT2D eigenvalue weighted by molar-refractivity contribution is 5.80. The van der Waals surface area contributed by atoms with Gasteiger partial charge in [-0.3, -0.25) is 4.99 Å². The third kappa shape index (κ3) is 6.14. The molecule has 2 N–H and O–H groups in total. The lowest BCUT2D eigenvalue weighted by molar-refractivity contribution is 0.414. The van der Waals surface area contributed by atoms with Gasteiger partial charge in [-0.15, -0.1) is 0 Å². The van der Waals surface area contributed by atoms with Gasteiger partial charge in [0.25, 0.3) is 0 Å². The van der Waals surface area contributed by atoms with Gasteiger partial charge in [0.05, 0.1) is 13.2 Å². The van der Waals surface area contributed by atoms with Crippen LogP contribution in [-0.2, 0) is 6.42 Å². The third-order valence-corrected chi connectivity index (χ3v) is 5.51. The summed E-state index contributed by atoms with van der Waals surface area (Å²) in [6.45, 7) is 5.41. The standard InChI is InChI=1S/C24H34N4O/c1-19(21-9-6-10-22(18-21)28-16-4-5-17-28)27-24(25-2)26-15-7-8-20-11-13-23(29-3)14-12-20/h6,9-14,18-19H,4-5,7-8,15-17H2,1-3H3,(H2,25,26,27). The van der Waals surface area contributed by atoms with Crippen LogP contribution in [0, 0.1) is 0 Å². The van der Waals surface area contributed by atoms with Crippen molar-refractivity contribution in [1.29, 1.82) is 0 Å². The summed E-state index contributed by atoms with van der Waals surface area (Å²) < 4.78 is 5.21. The average Bonchev–Trinajstić information content (AvgIpc) is 3.31. The number of anilines is 1. The van der Waals surface area contributed by atoms with E-state index >= 15 is 0 Å². The van der Waals surface area contributed by atoms with Gasteiger partial charge in [0.15, 0.2) is 5.96 Å². The number of nitrogens with zero attached hydrogens (tertiary/aromatic N) is 2. The summed E-state index contributed by atoms with van der Waals surface area (Å²) in [5.41, 5.74) is 3.94. The molecule has 0 aliphatic carbocycles. The fourth-order valence-corrected chi connectivity index (χ4v) is 3.74. The molecule has 0 radical (unpaired) electrons. The van der Waals surface area contributed by atoms with Gasteiger partial charge in [-0.2, -0.15) is 0 Å². The van der Waals surface area contributed by atoms with Crippen LogP contribution in [0.15, 0.2) is 53.5 Å². The van der Waals surface area contributed by atoms with Crippen molar-refractivity contribution in [2.24, 2.45) is 4.99 Å². The SMILES string of the molecule is CN=C(NCCCc1ccc(OC)cc1)NC(C)c1cccc(N2CCCC2)c1. The first kappa shape index (κ1) is 21.0. The number of aliphatic imine (C=N–C) groups is 1. The van der Waals surface area contributed by atoms with Crippen LogP contribution in [-0.4, -0.2) is 39.8 Å². The Balaban J connectivity index is 1.46. The number of guanidine groups is 1. The predicted molar refractivity (Wildman–Crippen MR) is 122 cm³/mol. The third-order valence-electron chi connectivity index (χ3n) is 5.51. The van der Waals surface area contributed by atoms with Gasteiger partial charge in [0.1, 0.15) is 5.75 Å². The van der Waals surface area contributed by atoms with E-state index in [9.17, 15) is 0 Å². The predicted octanol–water partition coefficient (Wildman–Crippen LogP) is 4.15. The monoisotopic (exact) mass is 394 g/mol. The van der Waals surface area contributed by atoms with E-state index in [0.29, 0.717) is 0 Å². The van der Waals surface area contributed by atoms with Gasteiger partial charge in [-0.25, -0.2) is 0 Å². The molecule has 1 aliphatic heterocycles. The number of hydrogen-bond donors (Lipinski definition) is 2. The minimum absolute atomic E-state index is 0.199. The Hall–Kier alpha value is -2.69. The van der Waals surface area contributed by atoms with Crippen molar-refractivity contribution in [1.82, 2.24) is 10.6 Å². The quantitative estimate of drug-likeness (QED) is 0.401. The van der Waals surface area contributed by atoms with Crippen LogP contribution in [0.4, 0.5) is 5.69 Å². The van der Waals surface area contributed by atoms with Crippen molar-refractivity contribution in [3.05, 3.63) is 59.7 Å². The molecule has 5 heteroatoms. The van der Waals surface area contributed by atoms with Crippen LogP contribution >= 0.6 is 0 Å². The molecule has 0 spiro atoms. The molecule has 3 rings (SSSR count). The lowest BCUT2D eigenvalue weighted by Crippen LogP contribution is -2.39. The zero-order chi connectivity index (χ0) is 20.5. The van der Waals surface area contributed by atoms with E-state index in [-0.39, 0.29) is 6.04 Å². The Morgan fingerprint density at radius 2 is 1.90 bits per heavy atom. The summed E-state index contributed by atoms with van der Waals surface area (Å²) in [6.07, 6.45) is 4.67. The number of benzene rings is 2. The Kier molecular flexibility index (Phi) is 7.79. The molecule has 5 nitrogen and oxygen atoms in total. The van der Waals surface area contributed by atoms with Crippen LogP contribution in [0.1, 0.15) is 43.4 Å². The Morgan fingerprint density at radius 3 is 2.59 bits per heavy atom. The molecule has 1 aliphatic rings. The molecule has 1 saturated heterocycles. The van der Waals surface area contributed by atoms with Crippen molar-refractivity contribution in [3.63, 3.8) is 0 Å². The second-order valence-electron chi connectivity index (χ2n) is 7.61. The molecule has 1 unspecified atom stereocenters. The summed E-state index contributed by atoms with van der Waals surface area (Å²) in [4.78, 5) is 6.86. The summed E-state index contributed by atoms with van der Waals surface area (Å²) in [7, 11) is 3.52. The first-order chi connectivity index (χ1) is 14.2. The fourth-order valence-electron chi connectivity index (χ4n) is 3.74. The Labute approximate surface area is 175 Å². The van der Waals surface area contributed by atoms with E-state index in [1.807, 2.05) is 19.2 Å². The minimum Gasteiger partial charge on any atom is -0.497 e. The van der Waals surface area contributed by atoms with E-state index in [2.05, 4.69) is 63.8 Å². The highest BCUT2D eigenvalue weighted by atomic mass is 16.5. The van der Waals surface area contributed by atoms with Gasteiger partial charge < -0.3 is 20.3 Å². The van der Waals surface area contributed by atoms with E-state index in [1.165, 1.54) is 42.7 Å². The van der Waals surface area contributed by atoms with E-state index in [0.717, 1.165) is 31.1 Å². The smallest absolute Gasteiger partial charge is 0.191 e. The molecule has 2 aromatic carbocycles. The van der Waals surface area contributed by atoms with E-state index in [1.54, 1.807) is 7.11 Å². The van der Waals surface area contributed by atoms with Crippen molar-refractivity contribution < 1.29 is 4.74 Å². The topological polar surface area (TPSA) is 48.9 Å². The molecular weight excluding hydrogens is 360 g/mol. The fraction of sp³-hybridized carbons (Fsp3) is 0.458. The highest BCUT2D eigenvalue weighted by Gasteiger charge is 2.14. The van der Waals surface area contributed by atoms with Crippen molar-refractivity contribution >= 4 is 11.6 Å². The number of rotatable bonds is 8. The van der Waals surface area contributed by atoms with E-state index in [4.69, 9.17) is 4.74 Å². The molecule has 0 bridgehead atoms. The second-order valence-corrected chi connectivity index (χ2v) is 7.61. The zero-order valence-corrected chi connectivity index (χ0v) is 17.9. The zero-order valence-electron chi connectivity index (χ0n) is 17.9. The number of nitrogens with one attached hydrogen (secondary N) is 2. The molecule has 1 fully saturated rings. The van der Waals surface area contributed by atoms with E-state index < -0.39 is 0 Å². The van der Waals surface area contributed by atoms with Crippen LogP contribution < -0.4 is 20.3 Å². The Morgan fingerprint density at radius 1 is 1.14 bits per heavy atom. The number of hydrogen-bond acceptors (Lipinski definition) is 3. The molecule has 0 saturated carbocycles. The summed E-state index contributed by atoms with van der Waals surface area (Å²) >= 11 is 0. The molecule has 1 atom stereocenters. The number of ether oxygens (including phenoxy) is 1. The molecule has 0 aromatic heterocycles. The Bertz CT molecular complexity index is 782. The maximum atomic E-state index is 5.21. The van der Waals surface area contributed by atoms with Crippen LogP contribution in [0.25, 0.3) is 0 Å². The lowest BCUT2D eigenvalue weighted by Gasteiger charge is -2.22. The first-order valence-electron chi connectivity index (χ1n) is 10.6. The van der Waals surface area contributed by atoms with Gasteiger partial charge in [-0.1, -0.05) is 24.3 Å². The normalized spacial score (nSPS) is 15.3. The summed E-state index contributed by atoms with van der Waals surface area (Å²) in [6, 6.07) is 17.4. The summed E-state index contributed by atoms with van der Waals surface area (Å²) in [5.74, 6) is 1.75. The summed E-state index contributed by atoms with van der Waals surface area (Å²) in [5, 5.41) is 6.95. The van der Waals surface area contributed by atoms with Crippen molar-refractivity contribution in [2.75, 3.05) is 38.7 Å². The maximum absolute atomic E-state index is 5.21. The largest absolute Gasteiger partial charge is 0.497 e. The minimum atomic E-state index is 0.199. The van der Waals surface area contributed by atoms with Crippen LogP contribution in [0.3, 0.4) is 0 Å². The lowest BCUT2D eigenvalue weighted by atomic mass is 10.1. The maximum Gasteiger partial charge on any atom is 0.191 e. The number of aryl methyl sites for hydroxylation is 1. The average molecular weight is 395 g/mol. The molecule has 156 valence electrons. The van der Waals surface area contributed by atoms with Gasteiger partial charge in [0.2, 0.25) is 0 Å². The molecule has 1 heterocycles. The highest BCUT2D eigenvalue weighted by Crippen LogP contribution is 2.24. The van der Waals surface area contributed by atoms with Crippen LogP contribution in [0.5, 0.6) is 5.75 Å². The van der Waals surface area contributed by atoms with Gasteiger partial charge in [0, 0.05) is 32.4 Å². The molecule has 2 aromatic rings. The van der Waals surface area contributed by atoms with Gasteiger partial charge in [-0.05, 0) is 68.0 Å². The van der Waals surface area contributed by atoms with Crippen LogP contribution in [0.2, 0.25) is 0 Å². The molecule has 0 amide bonds. The van der Waals surface area contributed by atoms with Crippen molar-refractivity contribution in [2.45, 2.75) is 38.6 Å². The van der Waals surface area contributed by atoms with Gasteiger partial charge >= 0.3 is 0 Å². The first-order valence-corrected chi connectivity index (χ1v) is 10.6. The second kappa shape index (κ2) is 10.7. The van der Waals surface area contributed by atoms with Crippen molar-refractivity contribution in [3.8, 4) is 5.75 Å². The molecule has 29 heavy (non-hydrogen) atoms. The molecular formula is C24H34N4O. The number of methoxy groups -OCH3 is 1.